The summed E-state index contributed by atoms with van der Waals surface area (Å²) in [5, 5.41) is 25.3. The summed E-state index contributed by atoms with van der Waals surface area (Å²) in [5.74, 6) is -1.20. The molecule has 4 amide bonds. The third kappa shape index (κ3) is 9.65. The number of carboxylic acids is 1. The maximum Gasteiger partial charge on any atom is 0.355 e. The highest BCUT2D eigenvalue weighted by Gasteiger charge is 2.34. The van der Waals surface area contributed by atoms with Crippen molar-refractivity contribution in [1.29, 1.82) is 0 Å². The number of pyridine rings is 1. The molecule has 72 heavy (non-hydrogen) atoms. The van der Waals surface area contributed by atoms with Gasteiger partial charge in [0.25, 0.3) is 5.91 Å². The summed E-state index contributed by atoms with van der Waals surface area (Å²) in [5.41, 5.74) is 7.63. The summed E-state index contributed by atoms with van der Waals surface area (Å²) >= 11 is 1.43. The zero-order valence-corrected chi connectivity index (χ0v) is 41.8. The van der Waals surface area contributed by atoms with Gasteiger partial charge in [-0.25, -0.2) is 14.8 Å². The van der Waals surface area contributed by atoms with Crippen molar-refractivity contribution < 1.29 is 33.8 Å². The van der Waals surface area contributed by atoms with E-state index in [1.54, 1.807) is 11.7 Å². The van der Waals surface area contributed by atoms with Crippen molar-refractivity contribution >= 4 is 78.7 Å². The number of carbonyl (C=O) groups excluding carboxylic acids is 4. The number of nitrogens with one attached hydrogen (secondary N) is 3. The second-order valence-corrected chi connectivity index (χ2v) is 21.1. The number of thiazole rings is 1. The number of carbonyl (C=O) groups is 5. The Morgan fingerprint density at radius 1 is 0.931 bits per heavy atom. The van der Waals surface area contributed by atoms with Crippen LogP contribution < -0.4 is 25.6 Å². The van der Waals surface area contributed by atoms with Crippen LogP contribution in [0.15, 0.2) is 84.9 Å². The Kier molecular flexibility index (Phi) is 13.1. The highest BCUT2D eigenvalue weighted by molar-refractivity contribution is 7.22. The number of hydrogen-bond donors (Lipinski definition) is 4. The van der Waals surface area contributed by atoms with E-state index in [0.717, 1.165) is 69.4 Å². The lowest BCUT2D eigenvalue weighted by Gasteiger charge is -2.33. The van der Waals surface area contributed by atoms with Gasteiger partial charge in [0, 0.05) is 49.6 Å². The first-order valence-electron chi connectivity index (χ1n) is 24.5. The van der Waals surface area contributed by atoms with Crippen molar-refractivity contribution in [3.05, 3.63) is 124 Å². The Balaban J connectivity index is 0.803. The molecule has 0 bridgehead atoms. The van der Waals surface area contributed by atoms with Crippen LogP contribution in [0.1, 0.15) is 101 Å². The number of benzene rings is 4. The third-order valence-electron chi connectivity index (χ3n) is 14.2. The topological polar surface area (TPSA) is 201 Å². The maximum atomic E-state index is 13.8. The van der Waals surface area contributed by atoms with Crippen molar-refractivity contribution in [3.8, 4) is 16.9 Å². The number of imide groups is 1. The number of aryl methyl sites for hydroxylation is 1. The number of aromatic nitrogens is 4. The van der Waals surface area contributed by atoms with Crippen LogP contribution in [0.25, 0.3) is 32.2 Å². The zero-order chi connectivity index (χ0) is 50.4. The van der Waals surface area contributed by atoms with E-state index >= 15 is 0 Å². The zero-order valence-electron chi connectivity index (χ0n) is 41.0. The molecular weight excluding hydrogens is 931 g/mol. The number of nitrogens with zero attached hydrogens (tertiary/aromatic N) is 6. The van der Waals surface area contributed by atoms with E-state index in [2.05, 4.69) is 56.6 Å². The third-order valence-corrected chi connectivity index (χ3v) is 15.1. The van der Waals surface area contributed by atoms with E-state index in [4.69, 9.17) is 9.72 Å². The Bertz CT molecular complexity index is 3290. The Morgan fingerprint density at radius 2 is 1.74 bits per heavy atom. The van der Waals surface area contributed by atoms with Gasteiger partial charge in [-0.15, -0.1) is 0 Å². The highest BCUT2D eigenvalue weighted by atomic mass is 32.1. The molecule has 3 aromatic heterocycles. The summed E-state index contributed by atoms with van der Waals surface area (Å²) in [6.45, 7) is 11.3. The number of anilines is 3. The molecule has 6 heterocycles. The van der Waals surface area contributed by atoms with E-state index in [1.165, 1.54) is 11.3 Å². The predicted octanol–water partition coefficient (Wildman–Crippen LogP) is 8.61. The van der Waals surface area contributed by atoms with Gasteiger partial charge in [0.2, 0.25) is 17.7 Å². The van der Waals surface area contributed by atoms with Crippen LogP contribution in [-0.2, 0) is 39.8 Å². The van der Waals surface area contributed by atoms with Crippen molar-refractivity contribution in [2.45, 2.75) is 77.7 Å². The van der Waals surface area contributed by atoms with Crippen molar-refractivity contribution in [2.75, 3.05) is 48.3 Å². The number of piperidine rings is 1. The summed E-state index contributed by atoms with van der Waals surface area (Å²) in [4.78, 5) is 78.7. The summed E-state index contributed by atoms with van der Waals surface area (Å²) in [6.07, 6.45) is 2.98. The second kappa shape index (κ2) is 19.6. The van der Waals surface area contributed by atoms with Gasteiger partial charge < -0.3 is 20.1 Å². The monoisotopic (exact) mass is 987 g/mol. The van der Waals surface area contributed by atoms with Gasteiger partial charge in [-0.3, -0.25) is 39.4 Å². The fraction of sp³-hybridized carbons (Fsp3) is 0.345. The molecule has 0 saturated carbocycles. The van der Waals surface area contributed by atoms with E-state index in [1.807, 2.05) is 91.9 Å². The molecule has 0 spiro atoms. The molecule has 4 N–H and O–H groups in total. The molecule has 2 fully saturated rings. The number of ether oxygens (including phenoxy) is 1. The van der Waals surface area contributed by atoms with Crippen molar-refractivity contribution in [2.24, 2.45) is 13.0 Å². The van der Waals surface area contributed by atoms with Gasteiger partial charge in [-0.05, 0) is 115 Å². The molecule has 1 unspecified atom stereocenters. The number of carboxylic acid groups (broad SMARTS) is 1. The number of aromatic carboxylic acids is 1. The number of fused-ring (bicyclic) bond motifs is 3. The van der Waals surface area contributed by atoms with Gasteiger partial charge in [0.15, 0.2) is 10.8 Å². The van der Waals surface area contributed by atoms with Gasteiger partial charge in [0.05, 0.1) is 46.2 Å². The van der Waals surface area contributed by atoms with E-state index in [-0.39, 0.29) is 42.3 Å². The minimum Gasteiger partial charge on any atom is -0.493 e. The standard InChI is InChI=1S/C55H57N9O7S/c1-31-34(12-10-17-42(31)71-26-23-32-21-24-63(28-32)30-46(66)56-41-16-9-14-36-48(61-62(5)50(36)41)37-19-20-45(65)59-52(37)68)47-39(55(2,3)4)27-44(58-49(47)53(69)70)64-25-22-33-11-8-13-35(38(33)29-64)51(67)60-54-57-40-15-6-7-18-43(40)72-54/h6-18,27,32,37H,19-26,28-30H2,1-5H3,(H,56,66)(H,69,70)(H,57,60,67)(H,59,65,68)/t32-,37?/m1/s1. The lowest BCUT2D eigenvalue weighted by atomic mass is 9.80. The minimum absolute atomic E-state index is 0.0469. The van der Waals surface area contributed by atoms with Crippen LogP contribution in [-0.4, -0.2) is 92.1 Å². The van der Waals surface area contributed by atoms with Gasteiger partial charge >= 0.3 is 5.97 Å². The van der Waals surface area contributed by atoms with Gasteiger partial charge in [0.1, 0.15) is 11.6 Å². The van der Waals surface area contributed by atoms with Gasteiger partial charge in [-0.2, -0.15) is 5.10 Å². The lowest BCUT2D eigenvalue weighted by molar-refractivity contribution is -0.134. The van der Waals surface area contributed by atoms with E-state index in [9.17, 15) is 29.1 Å². The number of para-hydroxylation sites is 2. The minimum atomic E-state index is -1.14. The molecule has 4 aromatic carbocycles. The first kappa shape index (κ1) is 48.1. The molecule has 3 aliphatic heterocycles. The Hall–Kier alpha value is -7.50. The molecule has 2 saturated heterocycles. The van der Waals surface area contributed by atoms with Crippen molar-refractivity contribution in [1.82, 2.24) is 30.0 Å². The molecule has 7 aromatic rings. The van der Waals surface area contributed by atoms with Crippen LogP contribution >= 0.6 is 11.3 Å². The lowest BCUT2D eigenvalue weighted by Crippen LogP contribution is -2.39. The summed E-state index contributed by atoms with van der Waals surface area (Å²) < 4.78 is 9.13. The number of rotatable bonds is 13. The predicted molar refractivity (Wildman–Crippen MR) is 278 cm³/mol. The number of hydrogen-bond acceptors (Lipinski definition) is 12. The first-order valence-corrected chi connectivity index (χ1v) is 25.3. The molecule has 17 heteroatoms. The number of amides is 4. The average molecular weight is 988 g/mol. The van der Waals surface area contributed by atoms with E-state index < -0.39 is 17.3 Å². The maximum absolute atomic E-state index is 13.8. The molecule has 16 nitrogen and oxygen atoms in total. The summed E-state index contributed by atoms with van der Waals surface area (Å²) in [7, 11) is 1.78. The largest absolute Gasteiger partial charge is 0.493 e. The Labute approximate surface area is 420 Å². The Morgan fingerprint density at radius 3 is 2.53 bits per heavy atom. The van der Waals surface area contributed by atoms with Crippen LogP contribution in [0.5, 0.6) is 5.75 Å². The molecule has 2 atom stereocenters. The fourth-order valence-electron chi connectivity index (χ4n) is 10.5. The van der Waals surface area contributed by atoms with Gasteiger partial charge in [-0.1, -0.05) is 80.6 Å². The smallest absolute Gasteiger partial charge is 0.355 e. The molecule has 370 valence electrons. The van der Waals surface area contributed by atoms with Crippen LogP contribution in [0.4, 0.5) is 16.6 Å². The average Bonchev–Trinajstić information content (AvgIpc) is 4.07. The summed E-state index contributed by atoms with van der Waals surface area (Å²) in [6, 6.07) is 26.8. The quantitative estimate of drug-likeness (QED) is 0.0803. The van der Waals surface area contributed by atoms with Crippen molar-refractivity contribution in [3.63, 3.8) is 0 Å². The number of likely N-dealkylation sites (tertiary alicyclic amines) is 1. The molecule has 10 rings (SSSR count). The molecular formula is C55H57N9O7S. The fourth-order valence-corrected chi connectivity index (χ4v) is 11.4. The molecule has 0 radical (unpaired) electrons. The second-order valence-electron chi connectivity index (χ2n) is 20.1. The highest BCUT2D eigenvalue weighted by Crippen LogP contribution is 2.42. The normalized spacial score (nSPS) is 17.3. The molecule has 0 aliphatic carbocycles. The molecule has 3 aliphatic rings. The first-order chi connectivity index (χ1) is 34.6. The van der Waals surface area contributed by atoms with Crippen LogP contribution in [0.2, 0.25) is 0 Å². The van der Waals surface area contributed by atoms with E-state index in [0.29, 0.717) is 83.2 Å². The SMILES string of the molecule is Cc1c(OCC[C@H]2CCN(CC(=O)Nc3cccc4c(C5CCC(=O)NC5=O)nn(C)c34)C2)cccc1-c1c(C(C)(C)C)cc(N2CCc3cccc(C(=O)Nc4nc5ccccc5s4)c3C2)nc1C(=O)O. The van der Waals surface area contributed by atoms with Crippen LogP contribution in [0, 0.1) is 12.8 Å². The van der Waals surface area contributed by atoms with Crippen LogP contribution in [0.3, 0.4) is 0 Å².